The molecule has 1 aromatic heterocycles. The molecule has 4 N–H and O–H groups in total. The van der Waals surface area contributed by atoms with Gasteiger partial charge >= 0.3 is 0 Å². The third kappa shape index (κ3) is 3.22. The largest absolute Gasteiger partial charge is 0.399 e. The second-order valence-corrected chi connectivity index (χ2v) is 8.35. The van der Waals surface area contributed by atoms with Crippen molar-refractivity contribution in [1.29, 1.82) is 0 Å². The van der Waals surface area contributed by atoms with Gasteiger partial charge in [0.1, 0.15) is 0 Å². The number of nitrogen functional groups attached to an aromatic ring is 2. The van der Waals surface area contributed by atoms with Crippen LogP contribution in [0.5, 0.6) is 0 Å². The molecule has 0 saturated heterocycles. The molecule has 0 bridgehead atoms. The molecule has 0 radical (unpaired) electrons. The average molecular weight is 426 g/mol. The summed E-state index contributed by atoms with van der Waals surface area (Å²) in [5, 5.41) is 2.48. The van der Waals surface area contributed by atoms with E-state index >= 15 is 0 Å². The molecule has 5 aromatic carbocycles. The van der Waals surface area contributed by atoms with E-state index in [4.69, 9.17) is 11.5 Å². The lowest BCUT2D eigenvalue weighted by molar-refractivity contribution is 1.18. The molecular formula is C30H23N3. The van der Waals surface area contributed by atoms with Crippen LogP contribution in [-0.2, 0) is 0 Å². The fourth-order valence-electron chi connectivity index (χ4n) is 4.70. The van der Waals surface area contributed by atoms with Gasteiger partial charge in [-0.2, -0.15) is 0 Å². The van der Waals surface area contributed by atoms with Crippen molar-refractivity contribution in [3.05, 3.63) is 115 Å². The van der Waals surface area contributed by atoms with E-state index in [0.29, 0.717) is 5.69 Å². The zero-order chi connectivity index (χ0) is 22.4. The maximum absolute atomic E-state index is 6.25. The second kappa shape index (κ2) is 7.57. The lowest BCUT2D eigenvalue weighted by atomic mass is 9.97. The van der Waals surface area contributed by atoms with Crippen LogP contribution in [0.25, 0.3) is 49.7 Å². The lowest BCUT2D eigenvalue weighted by Gasteiger charge is -2.10. The van der Waals surface area contributed by atoms with Crippen molar-refractivity contribution in [3.63, 3.8) is 0 Å². The predicted octanol–water partition coefficient (Wildman–Crippen LogP) is 7.28. The van der Waals surface area contributed by atoms with Crippen molar-refractivity contribution in [3.8, 4) is 27.9 Å². The molecule has 0 spiro atoms. The van der Waals surface area contributed by atoms with Crippen LogP contribution >= 0.6 is 0 Å². The van der Waals surface area contributed by atoms with Crippen LogP contribution in [0.3, 0.4) is 0 Å². The number of hydrogen-bond donors (Lipinski definition) is 2. The first kappa shape index (κ1) is 19.2. The summed E-state index contributed by atoms with van der Waals surface area (Å²) >= 11 is 0. The summed E-state index contributed by atoms with van der Waals surface area (Å²) in [6, 6.07) is 39.9. The van der Waals surface area contributed by atoms with E-state index in [1.807, 2.05) is 18.2 Å². The van der Waals surface area contributed by atoms with Crippen LogP contribution in [-0.4, -0.2) is 4.57 Å². The highest BCUT2D eigenvalue weighted by atomic mass is 15.0. The summed E-state index contributed by atoms with van der Waals surface area (Å²) in [6.07, 6.45) is 0. The van der Waals surface area contributed by atoms with Crippen molar-refractivity contribution < 1.29 is 0 Å². The Labute approximate surface area is 192 Å². The topological polar surface area (TPSA) is 57.0 Å². The van der Waals surface area contributed by atoms with Crippen LogP contribution in [0, 0.1) is 0 Å². The summed E-state index contributed by atoms with van der Waals surface area (Å²) in [7, 11) is 0. The SMILES string of the molecule is Nc1ccc(N)c(-c2cccc(-c3ccc4c(c3)c3ccccc3n4-c3ccccc3)c2)c1. The minimum Gasteiger partial charge on any atom is -0.399 e. The first-order valence-electron chi connectivity index (χ1n) is 11.0. The number of para-hydroxylation sites is 2. The summed E-state index contributed by atoms with van der Waals surface area (Å²) in [5.74, 6) is 0. The fraction of sp³-hybridized carbons (Fsp3) is 0. The summed E-state index contributed by atoms with van der Waals surface area (Å²) < 4.78 is 2.33. The molecule has 33 heavy (non-hydrogen) atoms. The lowest BCUT2D eigenvalue weighted by Crippen LogP contribution is -1.93. The highest BCUT2D eigenvalue weighted by Gasteiger charge is 2.13. The number of benzene rings is 5. The molecule has 0 aliphatic rings. The van der Waals surface area contributed by atoms with Gasteiger partial charge in [-0.05, 0) is 71.3 Å². The number of anilines is 2. The smallest absolute Gasteiger partial charge is 0.0541 e. The fourth-order valence-corrected chi connectivity index (χ4v) is 4.70. The van der Waals surface area contributed by atoms with E-state index in [9.17, 15) is 0 Å². The normalized spacial score (nSPS) is 11.3. The maximum Gasteiger partial charge on any atom is 0.0541 e. The minimum absolute atomic E-state index is 0.708. The highest BCUT2D eigenvalue weighted by Crippen LogP contribution is 2.36. The van der Waals surface area contributed by atoms with Gasteiger partial charge < -0.3 is 16.0 Å². The van der Waals surface area contributed by atoms with Gasteiger partial charge in [-0.15, -0.1) is 0 Å². The molecule has 0 saturated carbocycles. The van der Waals surface area contributed by atoms with E-state index in [1.54, 1.807) is 0 Å². The van der Waals surface area contributed by atoms with Crippen molar-refractivity contribution in [2.24, 2.45) is 0 Å². The Hall–Kier alpha value is -4.50. The van der Waals surface area contributed by atoms with Crippen molar-refractivity contribution >= 4 is 33.2 Å². The Bertz CT molecular complexity index is 1630. The minimum atomic E-state index is 0.708. The van der Waals surface area contributed by atoms with Gasteiger partial charge in [-0.1, -0.05) is 60.7 Å². The summed E-state index contributed by atoms with van der Waals surface area (Å²) in [4.78, 5) is 0. The Morgan fingerprint density at radius 3 is 2.09 bits per heavy atom. The Morgan fingerprint density at radius 1 is 0.485 bits per heavy atom. The first-order chi connectivity index (χ1) is 16.2. The first-order valence-corrected chi connectivity index (χ1v) is 11.0. The summed E-state index contributed by atoms with van der Waals surface area (Å²) in [6.45, 7) is 0. The molecule has 3 nitrogen and oxygen atoms in total. The molecule has 1 heterocycles. The molecule has 0 fully saturated rings. The molecule has 158 valence electrons. The number of nitrogens with two attached hydrogens (primary N) is 2. The standard InChI is InChI=1S/C30H23N3/c31-23-14-15-28(32)26(19-23)22-8-6-7-20(17-22)21-13-16-30-27(18-21)25-11-4-5-12-29(25)33(30)24-9-2-1-3-10-24/h1-19H,31-32H2. The van der Waals surface area contributed by atoms with Crippen molar-refractivity contribution in [1.82, 2.24) is 4.57 Å². The van der Waals surface area contributed by atoms with E-state index in [0.717, 1.165) is 28.1 Å². The van der Waals surface area contributed by atoms with Gasteiger partial charge in [0, 0.05) is 33.4 Å². The molecule has 0 amide bonds. The van der Waals surface area contributed by atoms with Gasteiger partial charge in [-0.3, -0.25) is 0 Å². The number of hydrogen-bond acceptors (Lipinski definition) is 2. The van der Waals surface area contributed by atoms with Gasteiger partial charge in [0.15, 0.2) is 0 Å². The quantitative estimate of drug-likeness (QED) is 0.293. The maximum atomic E-state index is 6.25. The van der Waals surface area contributed by atoms with Crippen molar-refractivity contribution in [2.45, 2.75) is 0 Å². The van der Waals surface area contributed by atoms with Crippen molar-refractivity contribution in [2.75, 3.05) is 11.5 Å². The molecule has 6 rings (SSSR count). The van der Waals surface area contributed by atoms with Crippen LogP contribution in [0.4, 0.5) is 11.4 Å². The van der Waals surface area contributed by atoms with Gasteiger partial charge in [0.25, 0.3) is 0 Å². The van der Waals surface area contributed by atoms with E-state index in [2.05, 4.69) is 102 Å². The predicted molar refractivity (Wildman–Crippen MR) is 140 cm³/mol. The number of fused-ring (bicyclic) bond motifs is 3. The molecule has 6 aromatic rings. The Morgan fingerprint density at radius 2 is 1.21 bits per heavy atom. The third-order valence-corrected chi connectivity index (χ3v) is 6.27. The third-order valence-electron chi connectivity index (χ3n) is 6.27. The monoisotopic (exact) mass is 425 g/mol. The zero-order valence-corrected chi connectivity index (χ0v) is 18.1. The van der Waals surface area contributed by atoms with E-state index in [1.165, 1.54) is 27.4 Å². The highest BCUT2D eigenvalue weighted by molar-refractivity contribution is 6.10. The Kier molecular flexibility index (Phi) is 4.41. The van der Waals surface area contributed by atoms with Crippen LogP contribution in [0.1, 0.15) is 0 Å². The second-order valence-electron chi connectivity index (χ2n) is 8.35. The molecule has 0 aliphatic carbocycles. The molecule has 0 unspecified atom stereocenters. The van der Waals surface area contributed by atoms with Crippen LogP contribution < -0.4 is 11.5 Å². The van der Waals surface area contributed by atoms with Gasteiger partial charge in [0.2, 0.25) is 0 Å². The molecule has 3 heteroatoms. The van der Waals surface area contributed by atoms with E-state index < -0.39 is 0 Å². The number of rotatable bonds is 3. The van der Waals surface area contributed by atoms with E-state index in [-0.39, 0.29) is 0 Å². The van der Waals surface area contributed by atoms with Gasteiger partial charge in [0.05, 0.1) is 11.0 Å². The van der Waals surface area contributed by atoms with Gasteiger partial charge in [-0.25, -0.2) is 0 Å². The van der Waals surface area contributed by atoms with Crippen LogP contribution in [0.2, 0.25) is 0 Å². The number of nitrogens with zero attached hydrogens (tertiary/aromatic N) is 1. The van der Waals surface area contributed by atoms with Crippen LogP contribution in [0.15, 0.2) is 115 Å². The average Bonchev–Trinajstić information content (AvgIpc) is 3.20. The summed E-state index contributed by atoms with van der Waals surface area (Å²) in [5.41, 5.74) is 21.6. The molecular weight excluding hydrogens is 402 g/mol. The molecule has 0 atom stereocenters. The molecule has 0 aliphatic heterocycles. The Balaban J connectivity index is 1.55. The number of aromatic nitrogens is 1. The zero-order valence-electron chi connectivity index (χ0n) is 18.1.